The molecule has 0 unspecified atom stereocenters. The minimum atomic E-state index is 0.707. The summed E-state index contributed by atoms with van der Waals surface area (Å²) in [5.74, 6) is 3.52. The van der Waals surface area contributed by atoms with Crippen molar-refractivity contribution in [1.82, 2.24) is 9.88 Å². The van der Waals surface area contributed by atoms with Crippen molar-refractivity contribution in [3.8, 4) is 5.75 Å². The van der Waals surface area contributed by atoms with Crippen molar-refractivity contribution in [3.63, 3.8) is 0 Å². The first-order chi connectivity index (χ1) is 10.8. The second-order valence-corrected chi connectivity index (χ2v) is 8.00. The number of thiazole rings is 1. The first-order valence-corrected chi connectivity index (χ1v) is 9.91. The number of thioether (sulfide) groups is 1. The number of hydrogen-bond donors (Lipinski definition) is 0. The van der Waals surface area contributed by atoms with Gasteiger partial charge in [0.15, 0.2) is 5.13 Å². The van der Waals surface area contributed by atoms with E-state index in [0.717, 1.165) is 35.5 Å². The molecule has 1 aromatic carbocycles. The van der Waals surface area contributed by atoms with Crippen LogP contribution in [0.2, 0.25) is 0 Å². The Bertz CT molecular complexity index is 648. The molecule has 0 saturated carbocycles. The Hall–Kier alpha value is -0.980. The normalized spacial score (nSPS) is 20.3. The van der Waals surface area contributed by atoms with Crippen LogP contribution in [0.1, 0.15) is 6.92 Å². The van der Waals surface area contributed by atoms with Crippen LogP contribution in [0.5, 0.6) is 5.75 Å². The van der Waals surface area contributed by atoms with Gasteiger partial charge < -0.3 is 9.64 Å². The Morgan fingerprint density at radius 1 is 1.27 bits per heavy atom. The number of rotatable bonds is 4. The highest BCUT2D eigenvalue weighted by atomic mass is 32.2. The summed E-state index contributed by atoms with van der Waals surface area (Å²) in [5.41, 5.74) is 1.08. The molecule has 4 nitrogen and oxygen atoms in total. The van der Waals surface area contributed by atoms with Crippen molar-refractivity contribution >= 4 is 38.4 Å². The molecule has 0 atom stereocenters. The molecular formula is C16H21N3OS2. The number of benzene rings is 1. The molecule has 0 spiro atoms. The molecule has 118 valence electrons. The van der Waals surface area contributed by atoms with Crippen LogP contribution in [0, 0.1) is 0 Å². The van der Waals surface area contributed by atoms with E-state index in [2.05, 4.69) is 33.7 Å². The van der Waals surface area contributed by atoms with Gasteiger partial charge in [0.25, 0.3) is 0 Å². The largest absolute Gasteiger partial charge is 0.494 e. The third-order valence-corrected chi connectivity index (χ3v) is 6.38. The summed E-state index contributed by atoms with van der Waals surface area (Å²) in [5, 5.41) is 1.16. The molecule has 22 heavy (non-hydrogen) atoms. The highest BCUT2D eigenvalue weighted by molar-refractivity contribution is 7.99. The van der Waals surface area contributed by atoms with Crippen LogP contribution in [0.4, 0.5) is 5.13 Å². The van der Waals surface area contributed by atoms with Gasteiger partial charge in [0, 0.05) is 43.7 Å². The summed E-state index contributed by atoms with van der Waals surface area (Å²) >= 11 is 3.86. The van der Waals surface area contributed by atoms with Gasteiger partial charge in [0.2, 0.25) is 0 Å². The Morgan fingerprint density at radius 3 is 2.86 bits per heavy atom. The van der Waals surface area contributed by atoms with Gasteiger partial charge in [-0.1, -0.05) is 11.3 Å². The van der Waals surface area contributed by atoms with Crippen molar-refractivity contribution in [2.75, 3.05) is 49.2 Å². The summed E-state index contributed by atoms with van der Waals surface area (Å²) in [4.78, 5) is 9.84. The Balaban J connectivity index is 1.44. The molecule has 0 N–H and O–H groups in total. The molecule has 1 aromatic heterocycles. The third-order valence-electron chi connectivity index (χ3n) is 4.35. The molecule has 3 heterocycles. The summed E-state index contributed by atoms with van der Waals surface area (Å²) in [6.45, 7) is 7.48. The molecule has 6 heteroatoms. The van der Waals surface area contributed by atoms with Crippen LogP contribution < -0.4 is 9.64 Å². The Morgan fingerprint density at radius 2 is 2.09 bits per heavy atom. The van der Waals surface area contributed by atoms with Crippen LogP contribution in [0.25, 0.3) is 10.2 Å². The molecule has 0 bridgehead atoms. The smallest absolute Gasteiger partial charge is 0.186 e. The Labute approximate surface area is 139 Å². The number of aromatic nitrogens is 1. The fraction of sp³-hybridized carbons (Fsp3) is 0.562. The summed E-state index contributed by atoms with van der Waals surface area (Å²) in [7, 11) is 0. The monoisotopic (exact) mass is 335 g/mol. The van der Waals surface area contributed by atoms with Crippen LogP contribution >= 0.6 is 23.1 Å². The number of fused-ring (bicyclic) bond motifs is 1. The van der Waals surface area contributed by atoms with Crippen LogP contribution in [-0.2, 0) is 0 Å². The molecule has 0 amide bonds. The second kappa shape index (κ2) is 6.26. The van der Waals surface area contributed by atoms with Gasteiger partial charge >= 0.3 is 0 Å². The van der Waals surface area contributed by atoms with Crippen molar-refractivity contribution in [3.05, 3.63) is 18.2 Å². The van der Waals surface area contributed by atoms with Gasteiger partial charge in [-0.25, -0.2) is 4.98 Å². The number of nitrogens with zero attached hydrogens (tertiary/aromatic N) is 3. The van der Waals surface area contributed by atoms with Gasteiger partial charge in [-0.05, 0) is 25.1 Å². The first kappa shape index (κ1) is 14.6. The topological polar surface area (TPSA) is 28.6 Å². The predicted molar refractivity (Wildman–Crippen MR) is 95.7 cm³/mol. The lowest BCUT2D eigenvalue weighted by atomic mass is 10.1. The van der Waals surface area contributed by atoms with Crippen molar-refractivity contribution in [2.24, 2.45) is 0 Å². The van der Waals surface area contributed by atoms with Gasteiger partial charge in [0.1, 0.15) is 5.75 Å². The van der Waals surface area contributed by atoms with Gasteiger partial charge in [-0.15, -0.1) is 0 Å². The molecule has 2 aromatic rings. The van der Waals surface area contributed by atoms with Crippen molar-refractivity contribution < 1.29 is 4.74 Å². The minimum Gasteiger partial charge on any atom is -0.494 e. The average Bonchev–Trinajstić information content (AvgIpc) is 2.90. The molecule has 2 aliphatic heterocycles. The van der Waals surface area contributed by atoms with Gasteiger partial charge in [-0.2, -0.15) is 11.8 Å². The van der Waals surface area contributed by atoms with E-state index in [1.54, 1.807) is 11.3 Å². The lowest BCUT2D eigenvalue weighted by Gasteiger charge is -2.46. The third kappa shape index (κ3) is 2.79. The summed E-state index contributed by atoms with van der Waals surface area (Å²) in [6.07, 6.45) is 0. The SMILES string of the molecule is CCOc1ccc2nc(N3CC(N4CCSCC4)C3)sc2c1. The van der Waals surface area contributed by atoms with Crippen molar-refractivity contribution in [1.29, 1.82) is 0 Å². The number of anilines is 1. The zero-order valence-electron chi connectivity index (χ0n) is 12.8. The number of hydrogen-bond acceptors (Lipinski definition) is 6. The van der Waals surface area contributed by atoms with E-state index in [4.69, 9.17) is 9.72 Å². The maximum Gasteiger partial charge on any atom is 0.186 e. The van der Waals surface area contributed by atoms with Gasteiger partial charge in [-0.3, -0.25) is 4.90 Å². The van der Waals surface area contributed by atoms with E-state index in [1.165, 1.54) is 29.3 Å². The van der Waals surface area contributed by atoms with Crippen LogP contribution in [0.15, 0.2) is 18.2 Å². The molecule has 2 saturated heterocycles. The van der Waals surface area contributed by atoms with Crippen LogP contribution in [-0.4, -0.2) is 60.2 Å². The summed E-state index contributed by atoms with van der Waals surface area (Å²) in [6, 6.07) is 6.92. The maximum absolute atomic E-state index is 5.58. The quantitative estimate of drug-likeness (QED) is 0.857. The molecule has 0 radical (unpaired) electrons. The van der Waals surface area contributed by atoms with E-state index in [1.807, 2.05) is 13.0 Å². The Kier molecular flexibility index (Phi) is 4.15. The lowest BCUT2D eigenvalue weighted by Crippen LogP contribution is -2.61. The van der Waals surface area contributed by atoms with E-state index < -0.39 is 0 Å². The molecule has 4 rings (SSSR count). The molecule has 2 aliphatic rings. The van der Waals surface area contributed by atoms with E-state index in [0.29, 0.717) is 6.61 Å². The minimum absolute atomic E-state index is 0.707. The first-order valence-electron chi connectivity index (χ1n) is 7.93. The van der Waals surface area contributed by atoms with E-state index in [-0.39, 0.29) is 0 Å². The fourth-order valence-corrected chi connectivity index (χ4v) is 5.01. The zero-order valence-corrected chi connectivity index (χ0v) is 14.5. The predicted octanol–water partition coefficient (Wildman–Crippen LogP) is 2.93. The van der Waals surface area contributed by atoms with Crippen LogP contribution in [0.3, 0.4) is 0 Å². The average molecular weight is 335 g/mol. The standard InChI is InChI=1S/C16H21N3OS2/c1-2-20-13-3-4-14-15(9-13)22-16(17-14)19-10-12(11-19)18-5-7-21-8-6-18/h3-4,9,12H,2,5-8,10-11H2,1H3. The molecular weight excluding hydrogens is 314 g/mol. The fourth-order valence-electron chi connectivity index (χ4n) is 3.07. The van der Waals surface area contributed by atoms with E-state index in [9.17, 15) is 0 Å². The second-order valence-electron chi connectivity index (χ2n) is 5.77. The zero-order chi connectivity index (χ0) is 14.9. The highest BCUT2D eigenvalue weighted by Crippen LogP contribution is 2.34. The van der Waals surface area contributed by atoms with E-state index >= 15 is 0 Å². The molecule has 0 aliphatic carbocycles. The van der Waals surface area contributed by atoms with Crippen molar-refractivity contribution in [2.45, 2.75) is 13.0 Å². The summed E-state index contributed by atoms with van der Waals surface area (Å²) < 4.78 is 6.80. The highest BCUT2D eigenvalue weighted by Gasteiger charge is 2.33. The van der Waals surface area contributed by atoms with Gasteiger partial charge in [0.05, 0.1) is 16.8 Å². The molecule has 2 fully saturated rings. The number of ether oxygens (including phenoxy) is 1. The lowest BCUT2D eigenvalue weighted by molar-refractivity contribution is 0.183. The maximum atomic E-state index is 5.58.